The molecular formula is C20H26N3O4+. The van der Waals surface area contributed by atoms with Crippen LogP contribution in [0, 0.1) is 6.92 Å². The Bertz CT molecular complexity index is 796. The Morgan fingerprint density at radius 3 is 2.63 bits per heavy atom. The number of nitrogens with one attached hydrogen (secondary N) is 2. The predicted molar refractivity (Wildman–Crippen MR) is 101 cm³/mol. The molecule has 7 heteroatoms. The van der Waals surface area contributed by atoms with E-state index in [-0.39, 0.29) is 17.9 Å². The Labute approximate surface area is 158 Å². The van der Waals surface area contributed by atoms with Gasteiger partial charge in [-0.15, -0.1) is 0 Å². The first-order chi connectivity index (χ1) is 13.0. The molecule has 0 spiro atoms. The number of rotatable bonds is 5. The van der Waals surface area contributed by atoms with Crippen LogP contribution in [-0.2, 0) is 4.79 Å². The molecule has 2 N–H and O–H groups in total. The summed E-state index contributed by atoms with van der Waals surface area (Å²) in [7, 11) is 1.59. The maximum Gasteiger partial charge on any atom is 0.289 e. The Balaban J connectivity index is 1.57. The van der Waals surface area contributed by atoms with Gasteiger partial charge < -0.3 is 24.3 Å². The first-order valence-corrected chi connectivity index (χ1v) is 9.12. The number of ether oxygens (including phenoxy) is 1. The van der Waals surface area contributed by atoms with Crippen molar-refractivity contribution in [2.75, 3.05) is 38.6 Å². The average molecular weight is 372 g/mol. The Hall–Kier alpha value is -2.80. The number of quaternary nitrogens is 1. The normalized spacial score (nSPS) is 16.0. The first kappa shape index (κ1) is 19.0. The highest BCUT2D eigenvalue weighted by molar-refractivity contribution is 5.95. The second-order valence-electron chi connectivity index (χ2n) is 6.84. The van der Waals surface area contributed by atoms with Crippen molar-refractivity contribution in [3.63, 3.8) is 0 Å². The fourth-order valence-corrected chi connectivity index (χ4v) is 3.33. The lowest BCUT2D eigenvalue weighted by molar-refractivity contribution is -0.917. The van der Waals surface area contributed by atoms with E-state index in [1.165, 1.54) is 6.26 Å². The molecule has 2 aromatic rings. The topological polar surface area (TPSA) is 76.2 Å². The zero-order valence-corrected chi connectivity index (χ0v) is 16.0. The van der Waals surface area contributed by atoms with Crippen LogP contribution in [0.5, 0.6) is 5.75 Å². The number of hydrogen-bond acceptors (Lipinski definition) is 4. The Morgan fingerprint density at radius 2 is 2.00 bits per heavy atom. The molecule has 144 valence electrons. The highest BCUT2D eigenvalue weighted by Crippen LogP contribution is 2.25. The van der Waals surface area contributed by atoms with E-state index in [1.54, 1.807) is 24.1 Å². The number of anilines is 1. The second kappa shape index (κ2) is 8.26. The van der Waals surface area contributed by atoms with E-state index in [0.717, 1.165) is 10.5 Å². The van der Waals surface area contributed by atoms with Crippen molar-refractivity contribution in [3.8, 4) is 5.75 Å². The minimum absolute atomic E-state index is 0.0558. The van der Waals surface area contributed by atoms with Crippen LogP contribution in [0.15, 0.2) is 41.0 Å². The van der Waals surface area contributed by atoms with Gasteiger partial charge in [0.05, 0.1) is 45.2 Å². The summed E-state index contributed by atoms with van der Waals surface area (Å²) in [6.07, 6.45) is 1.50. The van der Waals surface area contributed by atoms with Crippen LogP contribution in [-0.4, -0.2) is 56.0 Å². The van der Waals surface area contributed by atoms with E-state index >= 15 is 0 Å². The third-order valence-corrected chi connectivity index (χ3v) is 5.04. The summed E-state index contributed by atoms with van der Waals surface area (Å²) in [5.74, 6) is 0.848. The molecular weight excluding hydrogens is 346 g/mol. The van der Waals surface area contributed by atoms with Crippen LogP contribution < -0.4 is 15.0 Å². The molecule has 0 aliphatic carbocycles. The zero-order valence-electron chi connectivity index (χ0n) is 16.0. The van der Waals surface area contributed by atoms with E-state index in [4.69, 9.17) is 9.15 Å². The molecule has 0 radical (unpaired) electrons. The molecule has 1 aliphatic heterocycles. The van der Waals surface area contributed by atoms with Crippen molar-refractivity contribution in [3.05, 3.63) is 47.9 Å². The molecule has 0 bridgehead atoms. The van der Waals surface area contributed by atoms with Crippen LogP contribution >= 0.6 is 0 Å². The predicted octanol–water partition coefficient (Wildman–Crippen LogP) is 0.965. The fourth-order valence-electron chi connectivity index (χ4n) is 3.33. The van der Waals surface area contributed by atoms with E-state index in [9.17, 15) is 9.59 Å². The monoisotopic (exact) mass is 372 g/mol. The molecule has 27 heavy (non-hydrogen) atoms. The Morgan fingerprint density at radius 1 is 1.26 bits per heavy atom. The highest BCUT2D eigenvalue weighted by atomic mass is 16.5. The average Bonchev–Trinajstić information content (AvgIpc) is 3.22. The molecule has 7 nitrogen and oxygen atoms in total. The quantitative estimate of drug-likeness (QED) is 0.820. The maximum atomic E-state index is 12.7. The lowest BCUT2D eigenvalue weighted by Crippen LogP contribution is -3.19. The number of hydrogen-bond donors (Lipinski definition) is 2. The van der Waals surface area contributed by atoms with Crippen molar-refractivity contribution in [2.24, 2.45) is 0 Å². The van der Waals surface area contributed by atoms with Crippen LogP contribution in [0.2, 0.25) is 0 Å². The third-order valence-electron chi connectivity index (χ3n) is 5.04. The van der Waals surface area contributed by atoms with Gasteiger partial charge in [-0.3, -0.25) is 9.59 Å². The van der Waals surface area contributed by atoms with Crippen LogP contribution in [0.25, 0.3) is 0 Å². The van der Waals surface area contributed by atoms with Crippen molar-refractivity contribution in [1.82, 2.24) is 4.90 Å². The van der Waals surface area contributed by atoms with Gasteiger partial charge >= 0.3 is 0 Å². The van der Waals surface area contributed by atoms with Crippen LogP contribution in [0.1, 0.15) is 23.0 Å². The molecule has 1 aromatic carbocycles. The minimum atomic E-state index is -0.226. The van der Waals surface area contributed by atoms with E-state index in [1.807, 2.05) is 32.0 Å². The van der Waals surface area contributed by atoms with Crippen molar-refractivity contribution in [2.45, 2.75) is 19.9 Å². The Kier molecular flexibility index (Phi) is 5.81. The van der Waals surface area contributed by atoms with Gasteiger partial charge in [-0.25, -0.2) is 0 Å². The molecule has 1 aromatic heterocycles. The lowest BCUT2D eigenvalue weighted by Gasteiger charge is -2.34. The molecule has 3 rings (SSSR count). The largest absolute Gasteiger partial charge is 0.495 e. The summed E-state index contributed by atoms with van der Waals surface area (Å²) in [5, 5.41) is 2.98. The summed E-state index contributed by atoms with van der Waals surface area (Å²) < 4.78 is 10.5. The smallest absolute Gasteiger partial charge is 0.289 e. The number of furan rings is 1. The SMILES string of the molecule is COc1ccc(C)cc1NC(=O)[C@@H](C)[NH+]1CCN(C(=O)c2ccco2)CC1. The lowest BCUT2D eigenvalue weighted by atomic mass is 10.1. The van der Waals surface area contributed by atoms with Gasteiger partial charge in [0.1, 0.15) is 5.75 Å². The van der Waals surface area contributed by atoms with Gasteiger partial charge in [-0.05, 0) is 43.7 Å². The van der Waals surface area contributed by atoms with Gasteiger partial charge in [-0.1, -0.05) is 6.07 Å². The summed E-state index contributed by atoms with van der Waals surface area (Å²) in [5.41, 5.74) is 1.73. The van der Waals surface area contributed by atoms with Gasteiger partial charge in [0, 0.05) is 0 Å². The van der Waals surface area contributed by atoms with E-state index < -0.39 is 0 Å². The fraction of sp³-hybridized carbons (Fsp3) is 0.400. The first-order valence-electron chi connectivity index (χ1n) is 9.12. The highest BCUT2D eigenvalue weighted by Gasteiger charge is 2.32. The van der Waals surface area contributed by atoms with Crippen molar-refractivity contribution < 1.29 is 23.6 Å². The zero-order chi connectivity index (χ0) is 19.4. The van der Waals surface area contributed by atoms with Gasteiger partial charge in [0.2, 0.25) is 0 Å². The standard InChI is InChI=1S/C20H25N3O4/c1-14-6-7-17(26-3)16(13-14)21-19(24)15(2)22-8-10-23(11-9-22)20(25)18-5-4-12-27-18/h4-7,12-13,15H,8-11H2,1-3H3,(H,21,24)/p+1/t15-/m1/s1. The summed E-state index contributed by atoms with van der Waals surface area (Å²) in [4.78, 5) is 28.0. The molecule has 1 saturated heterocycles. The summed E-state index contributed by atoms with van der Waals surface area (Å²) in [6, 6.07) is 8.85. The number of carbonyl (C=O) groups is 2. The molecule has 2 amide bonds. The molecule has 1 atom stereocenters. The number of piperazine rings is 1. The summed E-state index contributed by atoms with van der Waals surface area (Å²) >= 11 is 0. The number of nitrogens with zero attached hydrogens (tertiary/aromatic N) is 1. The minimum Gasteiger partial charge on any atom is -0.495 e. The number of methoxy groups -OCH3 is 1. The number of benzene rings is 1. The molecule has 1 fully saturated rings. The van der Waals surface area contributed by atoms with Crippen LogP contribution in [0.4, 0.5) is 5.69 Å². The second-order valence-corrected chi connectivity index (χ2v) is 6.84. The van der Waals surface area contributed by atoms with Crippen molar-refractivity contribution >= 4 is 17.5 Å². The van der Waals surface area contributed by atoms with E-state index in [0.29, 0.717) is 43.4 Å². The van der Waals surface area contributed by atoms with Gasteiger partial charge in [-0.2, -0.15) is 0 Å². The summed E-state index contributed by atoms with van der Waals surface area (Å²) in [6.45, 7) is 6.51. The van der Waals surface area contributed by atoms with Gasteiger partial charge in [0.25, 0.3) is 11.8 Å². The molecule has 0 unspecified atom stereocenters. The van der Waals surface area contributed by atoms with Gasteiger partial charge in [0.15, 0.2) is 11.8 Å². The molecule has 1 aliphatic rings. The molecule has 0 saturated carbocycles. The number of carbonyl (C=O) groups excluding carboxylic acids is 2. The van der Waals surface area contributed by atoms with E-state index in [2.05, 4.69) is 5.32 Å². The maximum absolute atomic E-state index is 12.7. The number of amides is 2. The molecule has 2 heterocycles. The van der Waals surface area contributed by atoms with Crippen molar-refractivity contribution in [1.29, 1.82) is 0 Å². The number of aryl methyl sites for hydroxylation is 1. The third kappa shape index (κ3) is 4.31. The van der Waals surface area contributed by atoms with Crippen LogP contribution in [0.3, 0.4) is 0 Å².